The molecular weight excluding hydrogens is 144 g/mol. The van der Waals surface area contributed by atoms with Gasteiger partial charge < -0.3 is 4.74 Å². The van der Waals surface area contributed by atoms with Crippen molar-refractivity contribution in [2.24, 2.45) is 0 Å². The number of hydrogen-bond donors (Lipinski definition) is 1. The lowest BCUT2D eigenvalue weighted by Gasteiger charge is -2.13. The molecule has 3 heteroatoms. The van der Waals surface area contributed by atoms with E-state index in [2.05, 4.69) is 11.8 Å². The molecule has 0 bridgehead atoms. The summed E-state index contributed by atoms with van der Waals surface area (Å²) in [7, 11) is 0. The van der Waals surface area contributed by atoms with Crippen molar-refractivity contribution in [1.82, 2.24) is 0 Å². The molecule has 0 fully saturated rings. The topological polar surface area (TPSA) is 38.7 Å². The van der Waals surface area contributed by atoms with Gasteiger partial charge in [0.15, 0.2) is 0 Å². The van der Waals surface area contributed by atoms with Crippen molar-refractivity contribution in [2.75, 3.05) is 13.2 Å². The lowest BCUT2D eigenvalue weighted by molar-refractivity contribution is -0.260. The van der Waals surface area contributed by atoms with Crippen molar-refractivity contribution in [3.05, 3.63) is 0 Å². The summed E-state index contributed by atoms with van der Waals surface area (Å²) in [5, 5.41) is 8.18. The van der Waals surface area contributed by atoms with Crippen LogP contribution in [0.15, 0.2) is 0 Å². The zero-order valence-electron chi connectivity index (χ0n) is 7.38. The maximum Gasteiger partial charge on any atom is 0.108 e. The number of rotatable bonds is 7. The van der Waals surface area contributed by atoms with Crippen molar-refractivity contribution in [3.8, 4) is 0 Å². The summed E-state index contributed by atoms with van der Waals surface area (Å²) in [5.74, 6) is 0. The van der Waals surface area contributed by atoms with E-state index in [-0.39, 0.29) is 12.7 Å². The lowest BCUT2D eigenvalue weighted by atomic mass is 10.2. The van der Waals surface area contributed by atoms with Gasteiger partial charge in [-0.05, 0) is 13.3 Å². The molecule has 68 valence electrons. The van der Waals surface area contributed by atoms with Crippen molar-refractivity contribution in [1.29, 1.82) is 0 Å². The Morgan fingerprint density at radius 1 is 1.36 bits per heavy atom. The van der Waals surface area contributed by atoms with Crippen LogP contribution in [0.1, 0.15) is 33.1 Å². The number of hydrogen-bond acceptors (Lipinski definition) is 3. The second-order valence-electron chi connectivity index (χ2n) is 2.52. The van der Waals surface area contributed by atoms with E-state index in [0.717, 1.165) is 19.3 Å². The van der Waals surface area contributed by atoms with E-state index >= 15 is 0 Å². The molecule has 0 aromatic carbocycles. The Hall–Kier alpha value is -0.120. The molecule has 0 aromatic rings. The summed E-state index contributed by atoms with van der Waals surface area (Å²) in [6, 6.07) is 0. The van der Waals surface area contributed by atoms with Gasteiger partial charge in [-0.1, -0.05) is 19.8 Å². The summed E-state index contributed by atoms with van der Waals surface area (Å²) in [5.41, 5.74) is 0. The predicted octanol–water partition coefficient (Wildman–Crippen LogP) is 2.07. The van der Waals surface area contributed by atoms with Crippen LogP contribution in [0.4, 0.5) is 0 Å². The largest absolute Gasteiger partial charge is 0.376 e. The summed E-state index contributed by atoms with van der Waals surface area (Å²) < 4.78 is 5.30. The smallest absolute Gasteiger partial charge is 0.108 e. The summed E-state index contributed by atoms with van der Waals surface area (Å²) in [4.78, 5) is 4.03. The van der Waals surface area contributed by atoms with Crippen molar-refractivity contribution >= 4 is 0 Å². The number of ether oxygens (including phenoxy) is 1. The lowest BCUT2D eigenvalue weighted by Crippen LogP contribution is -2.18. The Morgan fingerprint density at radius 2 is 2.09 bits per heavy atom. The molecule has 0 aliphatic heterocycles. The van der Waals surface area contributed by atoms with E-state index in [1.807, 2.05) is 6.92 Å². The van der Waals surface area contributed by atoms with Gasteiger partial charge in [-0.2, -0.15) is 0 Å². The van der Waals surface area contributed by atoms with Crippen molar-refractivity contribution < 1.29 is 14.9 Å². The Kier molecular flexibility index (Phi) is 7.89. The van der Waals surface area contributed by atoms with Gasteiger partial charge in [0.05, 0.1) is 6.10 Å². The van der Waals surface area contributed by atoms with Crippen molar-refractivity contribution in [3.63, 3.8) is 0 Å². The standard InChI is InChI=1S/C8H18O3/c1-3-5-6-8(7-11-9)10-4-2/h8-9H,3-7H2,1-2H3. The average molecular weight is 162 g/mol. The summed E-state index contributed by atoms with van der Waals surface area (Å²) in [6.07, 6.45) is 3.29. The first kappa shape index (κ1) is 10.9. The fraction of sp³-hybridized carbons (Fsp3) is 1.00. The van der Waals surface area contributed by atoms with Gasteiger partial charge in [0, 0.05) is 6.61 Å². The molecule has 3 nitrogen and oxygen atoms in total. The molecule has 1 N–H and O–H groups in total. The zero-order chi connectivity index (χ0) is 8.53. The second-order valence-corrected chi connectivity index (χ2v) is 2.52. The van der Waals surface area contributed by atoms with E-state index in [1.54, 1.807) is 0 Å². The SMILES string of the molecule is CCCCC(COO)OCC. The third-order valence-electron chi connectivity index (χ3n) is 1.54. The van der Waals surface area contributed by atoms with Gasteiger partial charge in [-0.25, -0.2) is 4.89 Å². The third kappa shape index (κ3) is 6.28. The van der Waals surface area contributed by atoms with E-state index in [9.17, 15) is 0 Å². The van der Waals surface area contributed by atoms with Crippen LogP contribution in [0.5, 0.6) is 0 Å². The van der Waals surface area contributed by atoms with Crippen LogP contribution in [0, 0.1) is 0 Å². The first-order chi connectivity index (χ1) is 5.35. The monoisotopic (exact) mass is 162 g/mol. The quantitative estimate of drug-likeness (QED) is 0.460. The highest BCUT2D eigenvalue weighted by molar-refractivity contribution is 4.55. The van der Waals surface area contributed by atoms with Crippen LogP contribution in [0.3, 0.4) is 0 Å². The maximum atomic E-state index is 8.18. The molecular formula is C8H18O3. The van der Waals surface area contributed by atoms with Crippen LogP contribution in [-0.2, 0) is 9.62 Å². The fourth-order valence-electron chi connectivity index (χ4n) is 0.965. The molecule has 0 amide bonds. The Bertz CT molecular complexity index is 69.7. The third-order valence-corrected chi connectivity index (χ3v) is 1.54. The normalized spacial score (nSPS) is 13.4. The zero-order valence-corrected chi connectivity index (χ0v) is 7.38. The molecule has 0 saturated heterocycles. The van der Waals surface area contributed by atoms with E-state index < -0.39 is 0 Å². The Labute approximate surface area is 68.2 Å². The first-order valence-corrected chi connectivity index (χ1v) is 4.23. The molecule has 0 radical (unpaired) electrons. The van der Waals surface area contributed by atoms with Crippen molar-refractivity contribution in [2.45, 2.75) is 39.2 Å². The average Bonchev–Trinajstić information content (AvgIpc) is 2.01. The summed E-state index contributed by atoms with van der Waals surface area (Å²) >= 11 is 0. The van der Waals surface area contributed by atoms with Crippen LogP contribution in [-0.4, -0.2) is 24.6 Å². The second kappa shape index (κ2) is 7.98. The van der Waals surface area contributed by atoms with E-state index in [1.165, 1.54) is 0 Å². The van der Waals surface area contributed by atoms with Gasteiger partial charge in [0.2, 0.25) is 0 Å². The molecule has 0 aromatic heterocycles. The number of unbranched alkanes of at least 4 members (excludes halogenated alkanes) is 1. The summed E-state index contributed by atoms with van der Waals surface area (Å²) in [6.45, 7) is 5.03. The van der Waals surface area contributed by atoms with Crippen LogP contribution < -0.4 is 0 Å². The first-order valence-electron chi connectivity index (χ1n) is 4.23. The van der Waals surface area contributed by atoms with Crippen LogP contribution >= 0.6 is 0 Å². The minimum absolute atomic E-state index is 0.0601. The van der Waals surface area contributed by atoms with Gasteiger partial charge in [-0.15, -0.1) is 0 Å². The molecule has 0 rings (SSSR count). The minimum atomic E-state index is 0.0601. The highest BCUT2D eigenvalue weighted by atomic mass is 17.1. The van der Waals surface area contributed by atoms with Gasteiger partial charge >= 0.3 is 0 Å². The molecule has 0 aliphatic carbocycles. The van der Waals surface area contributed by atoms with E-state index in [0.29, 0.717) is 6.61 Å². The Balaban J connectivity index is 3.34. The van der Waals surface area contributed by atoms with Gasteiger partial charge in [0.25, 0.3) is 0 Å². The van der Waals surface area contributed by atoms with Crippen LogP contribution in [0.2, 0.25) is 0 Å². The molecule has 1 unspecified atom stereocenters. The maximum absolute atomic E-state index is 8.18. The van der Waals surface area contributed by atoms with Gasteiger partial charge in [0.1, 0.15) is 6.61 Å². The molecule has 1 atom stereocenters. The molecule has 0 aliphatic rings. The highest BCUT2D eigenvalue weighted by Gasteiger charge is 2.06. The van der Waals surface area contributed by atoms with Gasteiger partial charge in [-0.3, -0.25) is 5.26 Å². The molecule has 0 spiro atoms. The minimum Gasteiger partial charge on any atom is -0.376 e. The molecule has 11 heavy (non-hydrogen) atoms. The van der Waals surface area contributed by atoms with E-state index in [4.69, 9.17) is 9.99 Å². The predicted molar refractivity (Wildman–Crippen MR) is 43.5 cm³/mol. The van der Waals surface area contributed by atoms with Crippen LogP contribution in [0.25, 0.3) is 0 Å². The molecule has 0 heterocycles. The molecule has 0 saturated carbocycles. The highest BCUT2D eigenvalue weighted by Crippen LogP contribution is 2.04. The Morgan fingerprint density at radius 3 is 2.55 bits per heavy atom. The fourth-order valence-corrected chi connectivity index (χ4v) is 0.965.